The number of carbonyl (C=O) groups excluding carboxylic acids is 1. The molecule has 0 unspecified atom stereocenters. The zero-order valence-corrected chi connectivity index (χ0v) is 13.1. The number of halogens is 1. The second kappa shape index (κ2) is 7.95. The van der Waals surface area contributed by atoms with E-state index in [-0.39, 0.29) is 11.7 Å². The smallest absolute Gasteiger partial charge is 0.264 e. The molecule has 0 bridgehead atoms. The Balaban J connectivity index is 2.11. The van der Waals surface area contributed by atoms with Crippen molar-refractivity contribution in [1.29, 1.82) is 0 Å². The molecule has 3 N–H and O–H groups in total. The highest BCUT2D eigenvalue weighted by molar-refractivity contribution is 8.18. The number of benzene rings is 1. The number of ether oxygens (including phenoxy) is 1. The molecule has 5 nitrogen and oxygen atoms in total. The van der Waals surface area contributed by atoms with E-state index < -0.39 is 0 Å². The predicted octanol–water partition coefficient (Wildman–Crippen LogP) is 2.13. The Morgan fingerprint density at radius 3 is 3.00 bits per heavy atom. The van der Waals surface area contributed by atoms with E-state index in [2.05, 4.69) is 10.3 Å². The maximum Gasteiger partial charge on any atom is 0.264 e. The topological polar surface area (TPSA) is 76.7 Å². The summed E-state index contributed by atoms with van der Waals surface area (Å²) in [4.78, 5) is 16.8. The maximum absolute atomic E-state index is 13.2. The SMILES string of the molecule is COc1cc(F)ccc1/C=C1/SC(=NCCCCN)NC1=O. The third-order valence-corrected chi connectivity index (χ3v) is 3.95. The van der Waals surface area contributed by atoms with Crippen molar-refractivity contribution < 1.29 is 13.9 Å². The molecule has 0 atom stereocenters. The van der Waals surface area contributed by atoms with Crippen LogP contribution in [0.25, 0.3) is 6.08 Å². The van der Waals surface area contributed by atoms with Gasteiger partial charge in [-0.1, -0.05) is 0 Å². The highest BCUT2D eigenvalue weighted by Gasteiger charge is 2.23. The number of aliphatic imine (C=N–C) groups is 1. The van der Waals surface area contributed by atoms with Gasteiger partial charge in [-0.2, -0.15) is 0 Å². The van der Waals surface area contributed by atoms with Crippen LogP contribution in [0.2, 0.25) is 0 Å². The Morgan fingerprint density at radius 1 is 1.45 bits per heavy atom. The van der Waals surface area contributed by atoms with Crippen molar-refractivity contribution in [3.8, 4) is 5.75 Å². The molecule has 2 rings (SSSR count). The Morgan fingerprint density at radius 2 is 2.27 bits per heavy atom. The van der Waals surface area contributed by atoms with Crippen LogP contribution in [0.1, 0.15) is 18.4 Å². The van der Waals surface area contributed by atoms with Gasteiger partial charge in [0, 0.05) is 18.2 Å². The molecule has 1 aliphatic heterocycles. The van der Waals surface area contributed by atoms with Gasteiger partial charge in [-0.3, -0.25) is 9.79 Å². The van der Waals surface area contributed by atoms with Crippen LogP contribution >= 0.6 is 11.8 Å². The molecule has 118 valence electrons. The summed E-state index contributed by atoms with van der Waals surface area (Å²) >= 11 is 1.26. The number of unbranched alkanes of at least 4 members (excludes halogenated alkanes) is 1. The number of hydrogen-bond donors (Lipinski definition) is 2. The lowest BCUT2D eigenvalue weighted by Gasteiger charge is -2.04. The summed E-state index contributed by atoms with van der Waals surface area (Å²) in [7, 11) is 1.46. The molecule has 1 aromatic carbocycles. The number of amidine groups is 1. The van der Waals surface area contributed by atoms with Crippen LogP contribution < -0.4 is 15.8 Å². The van der Waals surface area contributed by atoms with E-state index in [1.54, 1.807) is 12.1 Å². The number of amides is 1. The highest BCUT2D eigenvalue weighted by Crippen LogP contribution is 2.29. The lowest BCUT2D eigenvalue weighted by atomic mass is 10.2. The fourth-order valence-corrected chi connectivity index (χ4v) is 2.72. The maximum atomic E-state index is 13.2. The van der Waals surface area contributed by atoms with Crippen molar-refractivity contribution in [2.24, 2.45) is 10.7 Å². The van der Waals surface area contributed by atoms with Gasteiger partial charge in [0.2, 0.25) is 0 Å². The van der Waals surface area contributed by atoms with Crippen LogP contribution in [0.3, 0.4) is 0 Å². The van der Waals surface area contributed by atoms with Crippen LogP contribution in [-0.4, -0.2) is 31.3 Å². The quantitative estimate of drug-likeness (QED) is 0.621. The molecule has 0 aromatic heterocycles. The molecule has 0 aliphatic carbocycles. The van der Waals surface area contributed by atoms with E-state index >= 15 is 0 Å². The fraction of sp³-hybridized carbons (Fsp3) is 0.333. The van der Waals surface area contributed by atoms with Crippen molar-refractivity contribution in [2.45, 2.75) is 12.8 Å². The standard InChI is InChI=1S/C15H18FN3O2S/c1-21-12-9-11(16)5-4-10(12)8-13-14(20)19-15(22-13)18-7-3-2-6-17/h4-5,8-9H,2-3,6-7,17H2,1H3,(H,18,19,20)/b13-8+. The van der Waals surface area contributed by atoms with Crippen molar-refractivity contribution in [3.05, 3.63) is 34.5 Å². The minimum absolute atomic E-state index is 0.214. The third kappa shape index (κ3) is 4.32. The molecule has 1 heterocycles. The molecular formula is C15H18FN3O2S. The zero-order valence-electron chi connectivity index (χ0n) is 12.3. The molecule has 22 heavy (non-hydrogen) atoms. The van der Waals surface area contributed by atoms with Gasteiger partial charge in [-0.15, -0.1) is 0 Å². The summed E-state index contributed by atoms with van der Waals surface area (Å²) < 4.78 is 18.3. The molecule has 1 aromatic rings. The van der Waals surface area contributed by atoms with Gasteiger partial charge in [0.1, 0.15) is 11.6 Å². The van der Waals surface area contributed by atoms with E-state index in [0.717, 1.165) is 12.8 Å². The van der Waals surface area contributed by atoms with Crippen LogP contribution in [0.15, 0.2) is 28.1 Å². The van der Waals surface area contributed by atoms with Gasteiger partial charge >= 0.3 is 0 Å². The van der Waals surface area contributed by atoms with Gasteiger partial charge in [0.25, 0.3) is 5.91 Å². The first-order valence-electron chi connectivity index (χ1n) is 6.93. The Labute approximate surface area is 132 Å². The Kier molecular flexibility index (Phi) is 5.97. The summed E-state index contributed by atoms with van der Waals surface area (Å²) in [6, 6.07) is 4.19. The lowest BCUT2D eigenvalue weighted by molar-refractivity contribution is -0.115. The average Bonchev–Trinajstić information content (AvgIpc) is 2.85. The first-order chi connectivity index (χ1) is 10.6. The van der Waals surface area contributed by atoms with Crippen molar-refractivity contribution >= 4 is 28.9 Å². The molecule has 0 radical (unpaired) electrons. The number of hydrogen-bond acceptors (Lipinski definition) is 5. The number of thioether (sulfide) groups is 1. The third-order valence-electron chi connectivity index (χ3n) is 3.00. The van der Waals surface area contributed by atoms with E-state index in [4.69, 9.17) is 10.5 Å². The van der Waals surface area contributed by atoms with Crippen molar-refractivity contribution in [3.63, 3.8) is 0 Å². The van der Waals surface area contributed by atoms with E-state index in [1.807, 2.05) is 0 Å². The summed E-state index contributed by atoms with van der Waals surface area (Å²) in [5.41, 5.74) is 6.06. The summed E-state index contributed by atoms with van der Waals surface area (Å²) in [5, 5.41) is 3.29. The van der Waals surface area contributed by atoms with Gasteiger partial charge in [-0.05, 0) is 49.4 Å². The van der Waals surface area contributed by atoms with E-state index in [0.29, 0.717) is 34.5 Å². The first-order valence-corrected chi connectivity index (χ1v) is 7.74. The van der Waals surface area contributed by atoms with Crippen LogP contribution in [0, 0.1) is 5.82 Å². The molecule has 1 fully saturated rings. The normalized spacial score (nSPS) is 18.0. The molecule has 1 aliphatic rings. The fourth-order valence-electron chi connectivity index (χ4n) is 1.88. The largest absolute Gasteiger partial charge is 0.496 e. The first kappa shape index (κ1) is 16.5. The molecule has 7 heteroatoms. The second-order valence-electron chi connectivity index (χ2n) is 4.63. The summed E-state index contributed by atoms with van der Waals surface area (Å²) in [6.07, 6.45) is 3.47. The number of nitrogens with two attached hydrogens (primary N) is 1. The highest BCUT2D eigenvalue weighted by atomic mass is 32.2. The lowest BCUT2D eigenvalue weighted by Crippen LogP contribution is -2.20. The summed E-state index contributed by atoms with van der Waals surface area (Å²) in [6.45, 7) is 1.27. The van der Waals surface area contributed by atoms with E-state index in [9.17, 15) is 9.18 Å². The summed E-state index contributed by atoms with van der Waals surface area (Å²) in [5.74, 6) is -0.215. The number of rotatable bonds is 6. The van der Waals surface area contributed by atoms with Crippen LogP contribution in [0.5, 0.6) is 5.75 Å². The minimum Gasteiger partial charge on any atom is -0.496 e. The number of carbonyl (C=O) groups is 1. The molecular weight excluding hydrogens is 305 g/mol. The van der Waals surface area contributed by atoms with Gasteiger partial charge in [0.15, 0.2) is 5.17 Å². The Hall–Kier alpha value is -1.86. The van der Waals surface area contributed by atoms with Crippen LogP contribution in [0.4, 0.5) is 4.39 Å². The number of nitrogens with zero attached hydrogens (tertiary/aromatic N) is 1. The van der Waals surface area contributed by atoms with Gasteiger partial charge < -0.3 is 15.8 Å². The second-order valence-corrected chi connectivity index (χ2v) is 5.66. The van der Waals surface area contributed by atoms with Crippen LogP contribution in [-0.2, 0) is 4.79 Å². The molecule has 0 saturated carbocycles. The predicted molar refractivity (Wildman–Crippen MR) is 87.3 cm³/mol. The zero-order chi connectivity index (χ0) is 15.9. The molecule has 0 spiro atoms. The molecule has 1 saturated heterocycles. The van der Waals surface area contributed by atoms with Crippen molar-refractivity contribution in [1.82, 2.24) is 5.32 Å². The van der Waals surface area contributed by atoms with E-state index in [1.165, 1.54) is 31.0 Å². The average molecular weight is 323 g/mol. The number of nitrogens with one attached hydrogen (secondary N) is 1. The Bertz CT molecular complexity index is 617. The minimum atomic E-state index is -0.385. The van der Waals surface area contributed by atoms with Gasteiger partial charge in [-0.25, -0.2) is 4.39 Å². The number of methoxy groups -OCH3 is 1. The van der Waals surface area contributed by atoms with Gasteiger partial charge in [0.05, 0.1) is 12.0 Å². The molecule has 1 amide bonds. The van der Waals surface area contributed by atoms with Crippen molar-refractivity contribution in [2.75, 3.05) is 20.2 Å². The monoisotopic (exact) mass is 323 g/mol.